The minimum atomic E-state index is -0.843. The first-order valence-corrected chi connectivity index (χ1v) is 7.58. The number of ketones is 1. The van der Waals surface area contributed by atoms with E-state index in [9.17, 15) is 14.4 Å². The fraction of sp³-hybridized carbons (Fsp3) is 0.471. The zero-order valence-corrected chi connectivity index (χ0v) is 13.5. The van der Waals surface area contributed by atoms with Gasteiger partial charge in [-0.3, -0.25) is 14.4 Å². The molecule has 0 spiro atoms. The van der Waals surface area contributed by atoms with Crippen LogP contribution in [0.4, 0.5) is 0 Å². The monoisotopic (exact) mass is 319 g/mol. The predicted octanol–water partition coefficient (Wildman–Crippen LogP) is 1.65. The van der Waals surface area contributed by atoms with E-state index in [1.54, 1.807) is 25.1 Å². The fourth-order valence-electron chi connectivity index (χ4n) is 2.13. The van der Waals surface area contributed by atoms with Gasteiger partial charge in [0.1, 0.15) is 5.75 Å². The first kappa shape index (κ1) is 17.0. The molecular formula is C17H21NO5. The van der Waals surface area contributed by atoms with E-state index in [-0.39, 0.29) is 24.2 Å². The summed E-state index contributed by atoms with van der Waals surface area (Å²) in [7, 11) is 1.49. The van der Waals surface area contributed by atoms with Gasteiger partial charge in [-0.15, -0.1) is 0 Å². The van der Waals surface area contributed by atoms with Crippen molar-refractivity contribution in [3.05, 3.63) is 29.3 Å². The third-order valence-corrected chi connectivity index (χ3v) is 3.62. The van der Waals surface area contributed by atoms with Crippen molar-refractivity contribution in [1.82, 2.24) is 5.32 Å². The van der Waals surface area contributed by atoms with E-state index in [2.05, 4.69) is 5.32 Å². The summed E-state index contributed by atoms with van der Waals surface area (Å²) in [6, 6.07) is 5.11. The molecule has 0 aliphatic heterocycles. The standard InChI is InChI=1S/C17H21NO5/c1-10(19)12-4-7-15(22-3)13(8-12)9-16(20)23-11(2)17(21)18-14-5-6-14/h4,7-8,11,14H,5-6,9H2,1-3H3,(H,18,21)/t11-/m1/s1. The average molecular weight is 319 g/mol. The molecule has 1 atom stereocenters. The number of carbonyl (C=O) groups is 3. The fourth-order valence-corrected chi connectivity index (χ4v) is 2.13. The van der Waals surface area contributed by atoms with Crippen molar-refractivity contribution in [2.75, 3.05) is 7.11 Å². The number of rotatable bonds is 7. The molecule has 0 heterocycles. The van der Waals surface area contributed by atoms with Gasteiger partial charge in [-0.1, -0.05) is 0 Å². The Morgan fingerprint density at radius 3 is 2.57 bits per heavy atom. The number of ether oxygens (including phenoxy) is 2. The van der Waals surface area contributed by atoms with E-state index in [1.165, 1.54) is 14.0 Å². The highest BCUT2D eigenvalue weighted by molar-refractivity contribution is 5.94. The number of amides is 1. The first-order chi connectivity index (χ1) is 10.9. The minimum absolute atomic E-state index is 0.0641. The smallest absolute Gasteiger partial charge is 0.311 e. The van der Waals surface area contributed by atoms with Gasteiger partial charge >= 0.3 is 5.97 Å². The molecule has 23 heavy (non-hydrogen) atoms. The summed E-state index contributed by atoms with van der Waals surface area (Å²) < 4.78 is 10.3. The zero-order chi connectivity index (χ0) is 17.0. The number of hydrogen-bond donors (Lipinski definition) is 1. The second-order valence-corrected chi connectivity index (χ2v) is 5.67. The van der Waals surface area contributed by atoms with Gasteiger partial charge in [0, 0.05) is 17.2 Å². The summed E-state index contributed by atoms with van der Waals surface area (Å²) in [5.74, 6) is -0.422. The summed E-state index contributed by atoms with van der Waals surface area (Å²) in [4.78, 5) is 35.3. The topological polar surface area (TPSA) is 81.7 Å². The Morgan fingerprint density at radius 1 is 1.30 bits per heavy atom. The third kappa shape index (κ3) is 4.81. The SMILES string of the molecule is COc1ccc(C(C)=O)cc1CC(=O)O[C@H](C)C(=O)NC1CC1. The van der Waals surface area contributed by atoms with Crippen molar-refractivity contribution in [2.24, 2.45) is 0 Å². The van der Waals surface area contributed by atoms with Crippen molar-refractivity contribution in [1.29, 1.82) is 0 Å². The van der Waals surface area contributed by atoms with E-state index in [0.717, 1.165) is 12.8 Å². The second kappa shape index (κ2) is 7.26. The molecule has 1 aromatic carbocycles. The van der Waals surface area contributed by atoms with Crippen LogP contribution in [0.3, 0.4) is 0 Å². The van der Waals surface area contributed by atoms with Crippen molar-refractivity contribution in [3.8, 4) is 5.75 Å². The third-order valence-electron chi connectivity index (χ3n) is 3.62. The summed E-state index contributed by atoms with van der Waals surface area (Å²) in [6.45, 7) is 2.99. The van der Waals surface area contributed by atoms with Crippen LogP contribution in [0.1, 0.15) is 42.6 Å². The largest absolute Gasteiger partial charge is 0.496 e. The molecule has 1 saturated carbocycles. The molecule has 2 rings (SSSR count). The molecule has 0 aromatic heterocycles. The average Bonchev–Trinajstić information content (AvgIpc) is 3.30. The molecule has 0 radical (unpaired) electrons. The van der Waals surface area contributed by atoms with Gasteiger partial charge in [0.25, 0.3) is 5.91 Å². The van der Waals surface area contributed by atoms with Crippen LogP contribution in [-0.4, -0.2) is 36.9 Å². The second-order valence-electron chi connectivity index (χ2n) is 5.67. The molecule has 1 amide bonds. The Bertz CT molecular complexity index is 621. The highest BCUT2D eigenvalue weighted by Gasteiger charge is 2.27. The van der Waals surface area contributed by atoms with Gasteiger partial charge in [0.2, 0.25) is 0 Å². The summed E-state index contributed by atoms with van der Waals surface area (Å²) in [5, 5.41) is 2.78. The van der Waals surface area contributed by atoms with Crippen LogP contribution in [-0.2, 0) is 20.7 Å². The lowest BCUT2D eigenvalue weighted by atomic mass is 10.0. The van der Waals surface area contributed by atoms with Crippen LogP contribution in [0, 0.1) is 0 Å². The van der Waals surface area contributed by atoms with Crippen LogP contribution in [0.15, 0.2) is 18.2 Å². The Hall–Kier alpha value is -2.37. The van der Waals surface area contributed by atoms with Crippen LogP contribution in [0.25, 0.3) is 0 Å². The number of hydrogen-bond acceptors (Lipinski definition) is 5. The molecule has 1 aliphatic carbocycles. The normalized spacial score (nSPS) is 14.7. The van der Waals surface area contributed by atoms with Gasteiger partial charge in [0.15, 0.2) is 11.9 Å². The minimum Gasteiger partial charge on any atom is -0.496 e. The van der Waals surface area contributed by atoms with E-state index in [0.29, 0.717) is 16.9 Å². The Kier molecular flexibility index (Phi) is 5.36. The van der Waals surface area contributed by atoms with Crippen LogP contribution >= 0.6 is 0 Å². The number of nitrogens with one attached hydrogen (secondary N) is 1. The maximum Gasteiger partial charge on any atom is 0.311 e. The molecule has 6 nitrogen and oxygen atoms in total. The van der Waals surface area contributed by atoms with Crippen LogP contribution in [0.2, 0.25) is 0 Å². The zero-order valence-electron chi connectivity index (χ0n) is 13.5. The number of esters is 1. The van der Waals surface area contributed by atoms with E-state index in [1.807, 2.05) is 0 Å². The maximum atomic E-state index is 12.0. The molecule has 0 bridgehead atoms. The highest BCUT2D eigenvalue weighted by Crippen LogP contribution is 2.22. The Labute approximate surface area is 135 Å². The summed E-state index contributed by atoms with van der Waals surface area (Å²) >= 11 is 0. The lowest BCUT2D eigenvalue weighted by Gasteiger charge is -2.14. The van der Waals surface area contributed by atoms with Crippen molar-refractivity contribution < 1.29 is 23.9 Å². The molecule has 124 valence electrons. The number of carbonyl (C=O) groups excluding carboxylic acids is 3. The quantitative estimate of drug-likeness (QED) is 0.610. The van der Waals surface area contributed by atoms with E-state index in [4.69, 9.17) is 9.47 Å². The highest BCUT2D eigenvalue weighted by atomic mass is 16.5. The first-order valence-electron chi connectivity index (χ1n) is 7.58. The summed E-state index contributed by atoms with van der Waals surface area (Å²) in [6.07, 6.45) is 1.04. The van der Waals surface area contributed by atoms with E-state index < -0.39 is 12.1 Å². The number of methoxy groups -OCH3 is 1. The predicted molar refractivity (Wildman–Crippen MR) is 83.4 cm³/mol. The van der Waals surface area contributed by atoms with Crippen molar-refractivity contribution >= 4 is 17.7 Å². The van der Waals surface area contributed by atoms with Gasteiger partial charge in [-0.05, 0) is 44.9 Å². The van der Waals surface area contributed by atoms with Gasteiger partial charge < -0.3 is 14.8 Å². The van der Waals surface area contributed by atoms with Crippen molar-refractivity contribution in [3.63, 3.8) is 0 Å². The van der Waals surface area contributed by atoms with Gasteiger partial charge in [-0.25, -0.2) is 0 Å². The summed E-state index contributed by atoms with van der Waals surface area (Å²) in [5.41, 5.74) is 1.05. The van der Waals surface area contributed by atoms with Crippen LogP contribution < -0.4 is 10.1 Å². The maximum absolute atomic E-state index is 12.0. The Balaban J connectivity index is 1.99. The Morgan fingerprint density at radius 2 is 2.00 bits per heavy atom. The van der Waals surface area contributed by atoms with Gasteiger partial charge in [-0.2, -0.15) is 0 Å². The molecule has 1 aliphatic rings. The molecule has 1 aromatic rings. The molecule has 0 unspecified atom stereocenters. The number of Topliss-reactive ketones (excluding diaryl/α,β-unsaturated/α-hetero) is 1. The number of benzene rings is 1. The molecule has 6 heteroatoms. The van der Waals surface area contributed by atoms with Crippen molar-refractivity contribution in [2.45, 2.75) is 45.3 Å². The molecular weight excluding hydrogens is 298 g/mol. The van der Waals surface area contributed by atoms with E-state index >= 15 is 0 Å². The molecule has 0 saturated heterocycles. The lowest BCUT2D eigenvalue weighted by Crippen LogP contribution is -2.37. The lowest BCUT2D eigenvalue weighted by molar-refractivity contribution is -0.154. The van der Waals surface area contributed by atoms with Gasteiger partial charge in [0.05, 0.1) is 13.5 Å². The molecule has 1 fully saturated rings. The van der Waals surface area contributed by atoms with Crippen LogP contribution in [0.5, 0.6) is 5.75 Å². The molecule has 1 N–H and O–H groups in total.